The Morgan fingerprint density at radius 3 is 2.55 bits per heavy atom. The number of halogens is 3. The first-order valence-electron chi connectivity index (χ1n) is 13.8. The molecule has 1 aromatic carbocycles. The van der Waals surface area contributed by atoms with Crippen molar-refractivity contribution in [3.8, 4) is 27.6 Å². The number of aromatic nitrogens is 2. The SMILES string of the molecule is O=C(O)c1ccc(-c2csc(N3[C@@H]4CC[C@H]3CC(OCc3c(-c5ccccc5OC(F)(F)F)noc3C3CC3)C4)n2)s1. The predicted molar refractivity (Wildman–Crippen MR) is 150 cm³/mol. The van der Waals surface area contributed by atoms with Crippen LogP contribution in [-0.4, -0.2) is 45.8 Å². The summed E-state index contributed by atoms with van der Waals surface area (Å²) in [5, 5.41) is 16.3. The van der Waals surface area contributed by atoms with Crippen molar-refractivity contribution >= 4 is 33.8 Å². The Hall–Kier alpha value is -3.42. The largest absolute Gasteiger partial charge is 0.573 e. The zero-order valence-corrected chi connectivity index (χ0v) is 23.8. The Bertz CT molecular complexity index is 1600. The highest BCUT2D eigenvalue weighted by atomic mass is 32.1. The van der Waals surface area contributed by atoms with Gasteiger partial charge in [-0.2, -0.15) is 0 Å². The van der Waals surface area contributed by atoms with E-state index in [1.54, 1.807) is 35.6 Å². The van der Waals surface area contributed by atoms with Gasteiger partial charge in [-0.3, -0.25) is 0 Å². The van der Waals surface area contributed by atoms with Crippen molar-refractivity contribution in [3.63, 3.8) is 0 Å². The highest BCUT2D eigenvalue weighted by molar-refractivity contribution is 7.18. The number of hydrogen-bond donors (Lipinski definition) is 1. The van der Waals surface area contributed by atoms with Gasteiger partial charge >= 0.3 is 12.3 Å². The third kappa shape index (κ3) is 5.40. The van der Waals surface area contributed by atoms with Crippen molar-refractivity contribution in [2.45, 2.75) is 75.6 Å². The fraction of sp³-hybridized carbons (Fsp3) is 0.414. The molecule has 1 aliphatic carbocycles. The van der Waals surface area contributed by atoms with Gasteiger partial charge in [0.05, 0.1) is 23.3 Å². The van der Waals surface area contributed by atoms with E-state index in [1.807, 2.05) is 5.38 Å². The number of aromatic carboxylic acids is 1. The van der Waals surface area contributed by atoms with Gasteiger partial charge in [0, 0.05) is 34.5 Å². The van der Waals surface area contributed by atoms with Crippen LogP contribution < -0.4 is 9.64 Å². The van der Waals surface area contributed by atoms with E-state index < -0.39 is 12.3 Å². The number of thiazole rings is 1. The molecule has 42 heavy (non-hydrogen) atoms. The average Bonchev–Trinajstić information content (AvgIpc) is 3.29. The Morgan fingerprint density at radius 1 is 1.10 bits per heavy atom. The van der Waals surface area contributed by atoms with Crippen molar-refractivity contribution in [1.29, 1.82) is 0 Å². The summed E-state index contributed by atoms with van der Waals surface area (Å²) in [7, 11) is 0. The number of rotatable bonds is 9. The number of anilines is 1. The maximum absolute atomic E-state index is 13.1. The highest BCUT2D eigenvalue weighted by Crippen LogP contribution is 2.47. The van der Waals surface area contributed by atoms with Gasteiger partial charge in [-0.05, 0) is 62.8 Å². The van der Waals surface area contributed by atoms with Gasteiger partial charge in [0.15, 0.2) is 5.13 Å². The minimum atomic E-state index is -4.83. The third-order valence-electron chi connectivity index (χ3n) is 8.07. The maximum atomic E-state index is 13.1. The fourth-order valence-electron chi connectivity index (χ4n) is 6.08. The molecule has 8 nitrogen and oxygen atoms in total. The van der Waals surface area contributed by atoms with E-state index in [9.17, 15) is 23.1 Å². The van der Waals surface area contributed by atoms with Crippen LogP contribution in [0.25, 0.3) is 21.8 Å². The lowest BCUT2D eigenvalue weighted by Gasteiger charge is -2.38. The molecular formula is C29H26F3N3O5S2. The van der Waals surface area contributed by atoms with E-state index in [1.165, 1.54) is 23.5 Å². The van der Waals surface area contributed by atoms with Crippen molar-refractivity contribution in [2.75, 3.05) is 4.90 Å². The van der Waals surface area contributed by atoms with Crippen LogP contribution in [0, 0.1) is 0 Å². The summed E-state index contributed by atoms with van der Waals surface area (Å²) in [5.74, 6) is -0.379. The molecule has 2 aliphatic heterocycles. The van der Waals surface area contributed by atoms with E-state index in [-0.39, 0.29) is 46.9 Å². The molecule has 2 saturated heterocycles. The molecule has 1 N–H and O–H groups in total. The molecule has 1 unspecified atom stereocenters. The Labute approximate surface area is 246 Å². The lowest BCUT2D eigenvalue weighted by Crippen LogP contribution is -2.45. The van der Waals surface area contributed by atoms with Gasteiger partial charge in [-0.25, -0.2) is 9.78 Å². The summed E-state index contributed by atoms with van der Waals surface area (Å²) in [5.41, 5.74) is 2.02. The summed E-state index contributed by atoms with van der Waals surface area (Å²) < 4.78 is 55.7. The van der Waals surface area contributed by atoms with Gasteiger partial charge in [-0.1, -0.05) is 17.3 Å². The van der Waals surface area contributed by atoms with E-state index in [4.69, 9.17) is 14.2 Å². The third-order valence-corrected chi connectivity index (χ3v) is 10.0. The molecule has 5 heterocycles. The fourth-order valence-corrected chi connectivity index (χ4v) is 7.93. The lowest BCUT2D eigenvalue weighted by atomic mass is 10.00. The van der Waals surface area contributed by atoms with Gasteiger partial charge in [0.1, 0.15) is 22.1 Å². The molecule has 7 rings (SSSR count). The van der Waals surface area contributed by atoms with E-state index in [0.717, 1.165) is 54.2 Å². The number of nitrogens with zero attached hydrogens (tertiary/aromatic N) is 3. The number of carboxylic acids is 1. The molecule has 3 fully saturated rings. The van der Waals surface area contributed by atoms with Crippen LogP contribution in [0.4, 0.5) is 18.3 Å². The van der Waals surface area contributed by atoms with Crippen molar-refractivity contribution in [2.24, 2.45) is 0 Å². The van der Waals surface area contributed by atoms with Crippen molar-refractivity contribution in [3.05, 3.63) is 58.0 Å². The number of fused-ring (bicyclic) bond motifs is 2. The van der Waals surface area contributed by atoms with Gasteiger partial charge in [-0.15, -0.1) is 35.8 Å². The second kappa shape index (κ2) is 10.7. The number of ether oxygens (including phenoxy) is 2. The number of thiophene rings is 1. The Kier molecular flexibility index (Phi) is 6.98. The van der Waals surface area contributed by atoms with E-state index >= 15 is 0 Å². The van der Waals surface area contributed by atoms with Gasteiger partial charge in [0.2, 0.25) is 0 Å². The molecule has 3 aliphatic rings. The van der Waals surface area contributed by atoms with Crippen molar-refractivity contribution in [1.82, 2.24) is 10.1 Å². The summed E-state index contributed by atoms with van der Waals surface area (Å²) in [6.45, 7) is 0.195. The zero-order valence-electron chi connectivity index (χ0n) is 22.2. The monoisotopic (exact) mass is 617 g/mol. The number of carbonyl (C=O) groups is 1. The zero-order chi connectivity index (χ0) is 29.0. The molecule has 0 spiro atoms. The number of para-hydroxylation sites is 1. The summed E-state index contributed by atoms with van der Waals surface area (Å²) >= 11 is 2.78. The number of benzene rings is 1. The van der Waals surface area contributed by atoms with E-state index in [2.05, 4.69) is 14.8 Å². The molecule has 220 valence electrons. The summed E-state index contributed by atoms with van der Waals surface area (Å²) in [6.07, 6.45) is 0.706. The van der Waals surface area contributed by atoms with Crippen LogP contribution >= 0.6 is 22.7 Å². The maximum Gasteiger partial charge on any atom is 0.573 e. The molecular weight excluding hydrogens is 591 g/mol. The quantitative estimate of drug-likeness (QED) is 0.204. The van der Waals surface area contributed by atoms with Gasteiger partial charge in [0.25, 0.3) is 0 Å². The summed E-state index contributed by atoms with van der Waals surface area (Å²) in [6, 6.07) is 9.89. The summed E-state index contributed by atoms with van der Waals surface area (Å²) in [4.78, 5) is 19.6. The molecule has 3 atom stereocenters. The van der Waals surface area contributed by atoms with Crippen LogP contribution in [0.2, 0.25) is 0 Å². The van der Waals surface area contributed by atoms with Crippen LogP contribution in [-0.2, 0) is 11.3 Å². The first kappa shape index (κ1) is 27.4. The number of carboxylic acid groups (broad SMARTS) is 1. The predicted octanol–water partition coefficient (Wildman–Crippen LogP) is 7.72. The molecule has 13 heteroatoms. The number of piperidine rings is 1. The Morgan fingerprint density at radius 2 is 1.86 bits per heavy atom. The van der Waals surface area contributed by atoms with Crippen LogP contribution in [0.15, 0.2) is 46.3 Å². The van der Waals surface area contributed by atoms with Crippen molar-refractivity contribution < 1.29 is 37.1 Å². The van der Waals surface area contributed by atoms with Crippen LogP contribution in [0.5, 0.6) is 5.75 Å². The molecule has 3 aromatic heterocycles. The molecule has 0 amide bonds. The standard InChI is InChI=1S/C29H26F3N3O5S2/c30-29(31,32)39-22-4-2-1-3-19(22)25-20(26(40-34-25)15-5-6-15)13-38-18-11-16-7-8-17(12-18)35(16)28-33-21(14-41-28)23-9-10-24(42-23)27(36)37/h1-4,9-10,14-18H,5-8,11-13H2,(H,36,37)/t16-,17+,18?. The van der Waals surface area contributed by atoms with E-state index in [0.29, 0.717) is 17.0 Å². The molecule has 0 radical (unpaired) electrons. The lowest BCUT2D eigenvalue weighted by molar-refractivity contribution is -0.274. The minimum absolute atomic E-state index is 0.0231. The average molecular weight is 618 g/mol. The number of hydrogen-bond acceptors (Lipinski definition) is 9. The number of alkyl halides is 3. The van der Waals surface area contributed by atoms with Crippen LogP contribution in [0.1, 0.15) is 65.4 Å². The molecule has 4 aromatic rings. The first-order valence-corrected chi connectivity index (χ1v) is 15.5. The second-order valence-corrected chi connectivity index (χ2v) is 12.8. The highest BCUT2D eigenvalue weighted by Gasteiger charge is 2.43. The van der Waals surface area contributed by atoms with Crippen LogP contribution in [0.3, 0.4) is 0 Å². The smallest absolute Gasteiger partial charge is 0.477 e. The Balaban J connectivity index is 1.07. The normalized spacial score (nSPS) is 22.1. The minimum Gasteiger partial charge on any atom is -0.477 e. The topological polar surface area (TPSA) is 97.9 Å². The van der Waals surface area contributed by atoms with Gasteiger partial charge < -0.3 is 24.0 Å². The first-order chi connectivity index (χ1) is 20.2. The molecule has 2 bridgehead atoms. The second-order valence-electron chi connectivity index (χ2n) is 10.9. The molecule has 1 saturated carbocycles.